The molecule has 0 saturated carbocycles. The third-order valence-electron chi connectivity index (χ3n) is 4.15. The summed E-state index contributed by atoms with van der Waals surface area (Å²) in [5, 5.41) is 19.7. The number of hydrogen-bond donors (Lipinski definition) is 1. The molecule has 2 aromatic heterocycles. The molecular formula is C15H16ClF5N6O3. The molecule has 2 heterocycles. The van der Waals surface area contributed by atoms with Crippen LogP contribution in [0, 0.1) is 24.0 Å². The van der Waals surface area contributed by atoms with Gasteiger partial charge in [-0.05, 0) is 20.3 Å². The molecule has 0 atom stereocenters. The number of nitrogens with one attached hydrogen (secondary N) is 1. The molecule has 15 heteroatoms. The third-order valence-corrected chi connectivity index (χ3v) is 4.61. The molecule has 0 aliphatic carbocycles. The van der Waals surface area contributed by atoms with E-state index in [-0.39, 0.29) is 30.9 Å². The van der Waals surface area contributed by atoms with Gasteiger partial charge in [-0.1, -0.05) is 11.6 Å². The zero-order valence-electron chi connectivity index (χ0n) is 15.6. The van der Waals surface area contributed by atoms with Crippen molar-refractivity contribution < 1.29 is 31.7 Å². The van der Waals surface area contributed by atoms with Crippen LogP contribution in [0.1, 0.15) is 35.6 Å². The summed E-state index contributed by atoms with van der Waals surface area (Å²) in [6, 6.07) is 0. The summed E-state index contributed by atoms with van der Waals surface area (Å²) in [4.78, 5) is 21.9. The molecular weight excluding hydrogens is 443 g/mol. The van der Waals surface area contributed by atoms with Gasteiger partial charge in [-0.15, -0.1) is 0 Å². The molecule has 1 N–H and O–H groups in total. The maximum Gasteiger partial charge on any atom is 0.436 e. The molecule has 0 radical (unpaired) electrons. The maximum absolute atomic E-state index is 12.9. The van der Waals surface area contributed by atoms with Crippen LogP contribution in [0.4, 0.5) is 27.6 Å². The molecule has 0 bridgehead atoms. The van der Waals surface area contributed by atoms with E-state index in [2.05, 4.69) is 15.5 Å². The molecule has 0 spiro atoms. The van der Waals surface area contributed by atoms with Crippen molar-refractivity contribution in [2.45, 2.75) is 46.0 Å². The van der Waals surface area contributed by atoms with E-state index in [0.717, 1.165) is 9.36 Å². The molecule has 9 nitrogen and oxygen atoms in total. The fourth-order valence-electron chi connectivity index (χ4n) is 2.66. The predicted octanol–water partition coefficient (Wildman–Crippen LogP) is 3.42. The molecule has 0 aliphatic rings. The molecule has 1 amide bonds. The molecule has 2 aromatic rings. The summed E-state index contributed by atoms with van der Waals surface area (Å²) in [7, 11) is 0. The Kier molecular flexibility index (Phi) is 7.00. The minimum atomic E-state index is -4.69. The van der Waals surface area contributed by atoms with Crippen molar-refractivity contribution >= 4 is 23.2 Å². The number of alkyl halides is 5. The first-order chi connectivity index (χ1) is 13.8. The lowest BCUT2D eigenvalue weighted by Gasteiger charge is -2.07. The number of carbonyl (C=O) groups excluding carboxylic acids is 1. The molecule has 0 aromatic carbocycles. The number of amides is 1. The number of nitrogens with zero attached hydrogens (tertiary/aromatic N) is 5. The number of rotatable bonds is 8. The van der Waals surface area contributed by atoms with Gasteiger partial charge in [0.05, 0.1) is 15.6 Å². The number of hydrogen-bond acceptors (Lipinski definition) is 5. The Balaban J connectivity index is 1.94. The fourth-order valence-corrected chi connectivity index (χ4v) is 2.90. The van der Waals surface area contributed by atoms with E-state index in [4.69, 9.17) is 11.6 Å². The molecule has 2 rings (SSSR count). The standard InChI is InChI=1S/C15H16ClF5N6O3/c1-7-10(16)13(15(19,20)21)24-25(7)5-3-4-22-9(28)6-26-8(2)12(27(29)30)11(23-26)14(17)18/h14H,3-6H2,1-2H3,(H,22,28). The van der Waals surface area contributed by atoms with Gasteiger partial charge in [0.25, 0.3) is 6.43 Å². The highest BCUT2D eigenvalue weighted by molar-refractivity contribution is 6.31. The average Bonchev–Trinajstić information content (AvgIpc) is 3.10. The highest BCUT2D eigenvalue weighted by atomic mass is 35.5. The fraction of sp³-hybridized carbons (Fsp3) is 0.533. The first-order valence-corrected chi connectivity index (χ1v) is 8.79. The summed E-state index contributed by atoms with van der Waals surface area (Å²) >= 11 is 5.64. The Morgan fingerprint density at radius 3 is 2.33 bits per heavy atom. The molecule has 0 saturated heterocycles. The van der Waals surface area contributed by atoms with Crippen LogP contribution in [0.2, 0.25) is 5.02 Å². The average molecular weight is 459 g/mol. The van der Waals surface area contributed by atoms with Crippen LogP contribution in [0.15, 0.2) is 0 Å². The van der Waals surface area contributed by atoms with E-state index in [1.165, 1.54) is 13.8 Å². The summed E-state index contributed by atoms with van der Waals surface area (Å²) in [5.41, 5.74) is -3.17. The van der Waals surface area contributed by atoms with Crippen LogP contribution in [-0.2, 0) is 24.1 Å². The van der Waals surface area contributed by atoms with Crippen LogP contribution >= 0.6 is 11.6 Å². The van der Waals surface area contributed by atoms with E-state index >= 15 is 0 Å². The van der Waals surface area contributed by atoms with Crippen molar-refractivity contribution in [1.29, 1.82) is 0 Å². The Bertz CT molecular complexity index is 956. The maximum atomic E-state index is 12.9. The lowest BCUT2D eigenvalue weighted by Crippen LogP contribution is -2.30. The van der Waals surface area contributed by atoms with Gasteiger partial charge in [0.15, 0.2) is 5.69 Å². The lowest BCUT2D eigenvalue weighted by molar-refractivity contribution is -0.386. The van der Waals surface area contributed by atoms with E-state index in [1.54, 1.807) is 0 Å². The smallest absolute Gasteiger partial charge is 0.354 e. The van der Waals surface area contributed by atoms with E-state index in [9.17, 15) is 36.9 Å². The molecule has 0 aliphatic heterocycles. The van der Waals surface area contributed by atoms with Gasteiger partial charge in [-0.2, -0.15) is 23.4 Å². The molecule has 0 unspecified atom stereocenters. The summed E-state index contributed by atoms with van der Waals surface area (Å²) in [6.07, 6.45) is -7.68. The quantitative estimate of drug-likeness (QED) is 0.282. The topological polar surface area (TPSA) is 108 Å². The monoisotopic (exact) mass is 458 g/mol. The largest absolute Gasteiger partial charge is 0.436 e. The van der Waals surface area contributed by atoms with Gasteiger partial charge in [0.1, 0.15) is 12.2 Å². The van der Waals surface area contributed by atoms with E-state index in [0.29, 0.717) is 0 Å². The molecule has 0 fully saturated rings. The highest BCUT2D eigenvalue weighted by Crippen LogP contribution is 2.35. The van der Waals surface area contributed by atoms with Crippen LogP contribution in [0.25, 0.3) is 0 Å². The van der Waals surface area contributed by atoms with Crippen molar-refractivity contribution in [2.24, 2.45) is 0 Å². The number of aromatic nitrogens is 4. The predicted molar refractivity (Wildman–Crippen MR) is 93.2 cm³/mol. The zero-order chi connectivity index (χ0) is 22.8. The van der Waals surface area contributed by atoms with Gasteiger partial charge in [0, 0.05) is 13.1 Å². The van der Waals surface area contributed by atoms with Crippen LogP contribution < -0.4 is 5.32 Å². The second kappa shape index (κ2) is 8.93. The van der Waals surface area contributed by atoms with Gasteiger partial charge < -0.3 is 5.32 Å². The summed E-state index contributed by atoms with van der Waals surface area (Å²) < 4.78 is 66.0. The first-order valence-electron chi connectivity index (χ1n) is 8.41. The second-order valence-electron chi connectivity index (χ2n) is 6.21. The van der Waals surface area contributed by atoms with Crippen molar-refractivity contribution in [3.63, 3.8) is 0 Å². The van der Waals surface area contributed by atoms with Crippen molar-refractivity contribution in [3.05, 3.63) is 37.9 Å². The summed E-state index contributed by atoms with van der Waals surface area (Å²) in [6.45, 7) is 2.08. The minimum Gasteiger partial charge on any atom is -0.354 e. The highest BCUT2D eigenvalue weighted by Gasteiger charge is 2.38. The molecule has 30 heavy (non-hydrogen) atoms. The van der Waals surface area contributed by atoms with Crippen LogP contribution in [0.3, 0.4) is 0 Å². The first kappa shape index (κ1) is 23.5. The van der Waals surface area contributed by atoms with E-state index in [1.807, 2.05) is 0 Å². The van der Waals surface area contributed by atoms with Crippen LogP contribution in [0.5, 0.6) is 0 Å². The lowest BCUT2D eigenvalue weighted by atomic mass is 10.3. The van der Waals surface area contributed by atoms with Crippen molar-refractivity contribution in [1.82, 2.24) is 24.9 Å². The number of nitro groups is 1. The third kappa shape index (κ3) is 5.04. The Morgan fingerprint density at radius 2 is 1.87 bits per heavy atom. The van der Waals surface area contributed by atoms with Crippen LogP contribution in [-0.4, -0.2) is 36.9 Å². The Labute approximate surface area is 170 Å². The van der Waals surface area contributed by atoms with Gasteiger partial charge in [-0.3, -0.25) is 24.3 Å². The number of aryl methyl sites for hydroxylation is 1. The second-order valence-corrected chi connectivity index (χ2v) is 6.59. The van der Waals surface area contributed by atoms with Gasteiger partial charge in [0.2, 0.25) is 11.6 Å². The minimum absolute atomic E-state index is 0.0290. The molecule has 166 valence electrons. The van der Waals surface area contributed by atoms with Crippen molar-refractivity contribution in [2.75, 3.05) is 6.54 Å². The zero-order valence-corrected chi connectivity index (χ0v) is 16.4. The number of carbonyl (C=O) groups is 1. The van der Waals surface area contributed by atoms with E-state index < -0.39 is 52.1 Å². The van der Waals surface area contributed by atoms with Gasteiger partial charge in [-0.25, -0.2) is 8.78 Å². The SMILES string of the molecule is Cc1c(Cl)c(C(F)(F)F)nn1CCCNC(=O)Cn1nc(C(F)F)c([N+](=O)[O-])c1C. The normalized spacial score (nSPS) is 11.9. The Hall–Kier alpha value is -2.77. The van der Waals surface area contributed by atoms with Crippen molar-refractivity contribution in [3.8, 4) is 0 Å². The summed E-state index contributed by atoms with van der Waals surface area (Å²) in [5.74, 6) is -0.664. The van der Waals surface area contributed by atoms with Gasteiger partial charge >= 0.3 is 11.9 Å². The number of halogens is 6. The Morgan fingerprint density at radius 1 is 1.23 bits per heavy atom.